The summed E-state index contributed by atoms with van der Waals surface area (Å²) in [7, 11) is -3.35. The molecule has 0 aliphatic heterocycles. The fourth-order valence-corrected chi connectivity index (χ4v) is 5.03. The fourth-order valence-electron chi connectivity index (χ4n) is 2.47. The Labute approximate surface area is 131 Å². The lowest BCUT2D eigenvalue weighted by molar-refractivity contribution is 0.496. The highest BCUT2D eigenvalue weighted by Gasteiger charge is 2.28. The zero-order valence-corrected chi connectivity index (χ0v) is 14.1. The number of hydrogen-bond donors (Lipinski definition) is 2. The second kappa shape index (κ2) is 6.36. The number of sulfonamides is 1. The average molecular weight is 329 g/mol. The molecule has 4 nitrogen and oxygen atoms in total. The highest BCUT2D eigenvalue weighted by atomic mass is 32.2. The molecule has 2 N–H and O–H groups in total. The summed E-state index contributed by atoms with van der Waals surface area (Å²) in [6, 6.07) is 2.54. The van der Waals surface area contributed by atoms with Gasteiger partial charge in [0.2, 0.25) is 10.0 Å². The topological polar surface area (TPSA) is 58.2 Å². The monoisotopic (exact) mass is 328 g/mol. The van der Waals surface area contributed by atoms with Crippen LogP contribution in [0.25, 0.3) is 0 Å². The molecule has 0 aromatic carbocycles. The van der Waals surface area contributed by atoms with Crippen molar-refractivity contribution >= 4 is 21.4 Å². The molecule has 118 valence electrons. The first-order valence-corrected chi connectivity index (χ1v) is 10.3. The van der Waals surface area contributed by atoms with Gasteiger partial charge in [0.05, 0.1) is 0 Å². The van der Waals surface area contributed by atoms with E-state index in [1.54, 1.807) is 0 Å². The van der Waals surface area contributed by atoms with E-state index in [1.807, 2.05) is 11.4 Å². The molecule has 1 unspecified atom stereocenters. The van der Waals surface area contributed by atoms with Crippen molar-refractivity contribution in [3.05, 3.63) is 17.0 Å². The Kier molecular flexibility index (Phi) is 4.69. The summed E-state index contributed by atoms with van der Waals surface area (Å²) in [4.78, 5) is 0. The molecule has 2 fully saturated rings. The van der Waals surface area contributed by atoms with Crippen LogP contribution < -0.4 is 10.0 Å². The third-order valence-corrected chi connectivity index (χ3v) is 7.21. The fraction of sp³-hybridized carbons (Fsp3) is 0.733. The van der Waals surface area contributed by atoms with Crippen LogP contribution in [0.15, 0.2) is 15.7 Å². The van der Waals surface area contributed by atoms with Crippen LogP contribution in [-0.2, 0) is 16.6 Å². The molecule has 1 heterocycles. The maximum absolute atomic E-state index is 12.4. The highest BCUT2D eigenvalue weighted by molar-refractivity contribution is 7.91. The summed E-state index contributed by atoms with van der Waals surface area (Å²) < 4.78 is 28.2. The molecule has 0 saturated heterocycles. The molecule has 3 rings (SSSR count). The van der Waals surface area contributed by atoms with E-state index in [1.165, 1.54) is 37.0 Å². The zero-order chi connectivity index (χ0) is 14.9. The Bertz CT molecular complexity index is 574. The molecule has 1 aromatic heterocycles. The average Bonchev–Trinajstić information content (AvgIpc) is 3.37. The summed E-state index contributed by atoms with van der Waals surface area (Å²) in [5.41, 5.74) is 1.07. The van der Waals surface area contributed by atoms with Crippen molar-refractivity contribution in [1.82, 2.24) is 10.0 Å². The van der Waals surface area contributed by atoms with Gasteiger partial charge in [-0.15, -0.1) is 11.3 Å². The maximum Gasteiger partial charge on any atom is 0.250 e. The SMILES string of the molecule is CCC(CC1CC1)NS(=O)(=O)c1cc(CNC2CC2)cs1. The molecule has 0 radical (unpaired) electrons. The predicted octanol–water partition coefficient (Wildman–Crippen LogP) is 2.86. The van der Waals surface area contributed by atoms with Crippen LogP contribution in [0, 0.1) is 5.92 Å². The van der Waals surface area contributed by atoms with Gasteiger partial charge in [-0.05, 0) is 48.6 Å². The lowest BCUT2D eigenvalue weighted by Gasteiger charge is -2.15. The van der Waals surface area contributed by atoms with Crippen molar-refractivity contribution in [2.24, 2.45) is 5.92 Å². The first-order chi connectivity index (χ1) is 10.1. The molecule has 21 heavy (non-hydrogen) atoms. The summed E-state index contributed by atoms with van der Waals surface area (Å²) in [5.74, 6) is 0.735. The minimum atomic E-state index is -3.35. The third kappa shape index (κ3) is 4.52. The van der Waals surface area contributed by atoms with Crippen molar-refractivity contribution in [2.75, 3.05) is 0 Å². The van der Waals surface area contributed by atoms with Crippen molar-refractivity contribution in [3.8, 4) is 0 Å². The zero-order valence-electron chi connectivity index (χ0n) is 12.5. The predicted molar refractivity (Wildman–Crippen MR) is 85.9 cm³/mol. The number of nitrogens with one attached hydrogen (secondary N) is 2. The summed E-state index contributed by atoms with van der Waals surface area (Å²) in [6.07, 6.45) is 6.85. The van der Waals surface area contributed by atoms with Gasteiger partial charge < -0.3 is 5.32 Å². The molecule has 6 heteroatoms. The van der Waals surface area contributed by atoms with Gasteiger partial charge in [0, 0.05) is 18.6 Å². The number of hydrogen-bond acceptors (Lipinski definition) is 4. The number of rotatable bonds is 9. The van der Waals surface area contributed by atoms with Gasteiger partial charge in [-0.3, -0.25) is 0 Å². The van der Waals surface area contributed by atoms with E-state index < -0.39 is 10.0 Å². The van der Waals surface area contributed by atoms with Crippen LogP contribution in [0.4, 0.5) is 0 Å². The molecule has 2 aliphatic carbocycles. The summed E-state index contributed by atoms with van der Waals surface area (Å²) >= 11 is 1.33. The van der Waals surface area contributed by atoms with Crippen LogP contribution in [0.3, 0.4) is 0 Å². The van der Waals surface area contributed by atoms with E-state index in [0.717, 1.165) is 30.9 Å². The van der Waals surface area contributed by atoms with Crippen LogP contribution >= 0.6 is 11.3 Å². The molecule has 2 aliphatic rings. The van der Waals surface area contributed by atoms with Gasteiger partial charge in [0.15, 0.2) is 0 Å². The first kappa shape index (κ1) is 15.5. The van der Waals surface area contributed by atoms with Crippen molar-refractivity contribution in [2.45, 2.75) is 68.3 Å². The van der Waals surface area contributed by atoms with Gasteiger partial charge in [0.25, 0.3) is 0 Å². The highest BCUT2D eigenvalue weighted by Crippen LogP contribution is 2.34. The Balaban J connectivity index is 1.59. The lowest BCUT2D eigenvalue weighted by atomic mass is 10.1. The summed E-state index contributed by atoms with van der Waals surface area (Å²) in [6.45, 7) is 2.82. The van der Waals surface area contributed by atoms with Gasteiger partial charge in [-0.1, -0.05) is 19.8 Å². The Morgan fingerprint density at radius 2 is 2.10 bits per heavy atom. The molecule has 1 atom stereocenters. The first-order valence-electron chi connectivity index (χ1n) is 7.90. The quantitative estimate of drug-likeness (QED) is 0.733. The standard InChI is InChI=1S/C15H24N2O2S2/c1-2-13(7-11-3-4-11)17-21(18,19)15-8-12(10-20-15)9-16-14-5-6-14/h8,10-11,13-14,16-17H,2-7,9H2,1H3. The second-order valence-electron chi connectivity index (χ2n) is 6.33. The molecule has 0 bridgehead atoms. The minimum absolute atomic E-state index is 0.0811. The molecule has 1 aromatic rings. The Morgan fingerprint density at radius 3 is 2.71 bits per heavy atom. The molecule has 0 spiro atoms. The van der Waals surface area contributed by atoms with Gasteiger partial charge in [0.1, 0.15) is 4.21 Å². The Morgan fingerprint density at radius 1 is 1.33 bits per heavy atom. The van der Waals surface area contributed by atoms with Crippen molar-refractivity contribution < 1.29 is 8.42 Å². The minimum Gasteiger partial charge on any atom is -0.310 e. The Hall–Kier alpha value is -0.430. The van der Waals surface area contributed by atoms with Crippen LogP contribution in [0.1, 0.15) is 51.0 Å². The molecular weight excluding hydrogens is 304 g/mol. The van der Waals surface area contributed by atoms with E-state index >= 15 is 0 Å². The molecule has 2 saturated carbocycles. The summed E-state index contributed by atoms with van der Waals surface area (Å²) in [5, 5.41) is 5.37. The third-order valence-electron chi connectivity index (χ3n) is 4.20. The van der Waals surface area contributed by atoms with Crippen LogP contribution in [0.2, 0.25) is 0 Å². The van der Waals surface area contributed by atoms with E-state index in [2.05, 4.69) is 17.0 Å². The molecular formula is C15H24N2O2S2. The van der Waals surface area contributed by atoms with E-state index in [4.69, 9.17) is 0 Å². The van der Waals surface area contributed by atoms with Crippen molar-refractivity contribution in [3.63, 3.8) is 0 Å². The van der Waals surface area contributed by atoms with Gasteiger partial charge in [-0.25, -0.2) is 13.1 Å². The maximum atomic E-state index is 12.4. The van der Waals surface area contributed by atoms with Crippen molar-refractivity contribution in [1.29, 1.82) is 0 Å². The smallest absolute Gasteiger partial charge is 0.250 e. The van der Waals surface area contributed by atoms with Gasteiger partial charge in [-0.2, -0.15) is 0 Å². The normalized spacial score (nSPS) is 20.6. The van der Waals surface area contributed by atoms with E-state index in [9.17, 15) is 8.42 Å². The van der Waals surface area contributed by atoms with Gasteiger partial charge >= 0.3 is 0 Å². The number of thiophene rings is 1. The lowest BCUT2D eigenvalue weighted by Crippen LogP contribution is -2.34. The second-order valence-corrected chi connectivity index (χ2v) is 9.19. The largest absolute Gasteiger partial charge is 0.310 e. The van der Waals surface area contributed by atoms with E-state index in [-0.39, 0.29) is 6.04 Å². The molecule has 0 amide bonds. The van der Waals surface area contributed by atoms with Crippen LogP contribution in [-0.4, -0.2) is 20.5 Å². The van der Waals surface area contributed by atoms with Crippen LogP contribution in [0.5, 0.6) is 0 Å². The van der Waals surface area contributed by atoms with E-state index in [0.29, 0.717) is 10.3 Å².